The van der Waals surface area contributed by atoms with Crippen molar-refractivity contribution in [2.75, 3.05) is 12.3 Å². The number of carboxylic acid groups (broad SMARTS) is 1. The smallest absolute Gasteiger partial charge is 0.318 e. The van der Waals surface area contributed by atoms with Crippen LogP contribution in [0.15, 0.2) is 0 Å². The predicted molar refractivity (Wildman–Crippen MR) is 72.0 cm³/mol. The summed E-state index contributed by atoms with van der Waals surface area (Å²) < 4.78 is 25.2. The van der Waals surface area contributed by atoms with Gasteiger partial charge < -0.3 is 5.11 Å². The average Bonchev–Trinajstić information content (AvgIpc) is 2.10. The van der Waals surface area contributed by atoms with Crippen LogP contribution in [0.3, 0.4) is 0 Å². The average molecular weight is 279 g/mol. The van der Waals surface area contributed by atoms with Crippen LogP contribution in [0.4, 0.5) is 0 Å². The fraction of sp³-hybridized carbons (Fsp3) is 0.917. The van der Waals surface area contributed by atoms with Gasteiger partial charge in [0.1, 0.15) is 6.54 Å². The van der Waals surface area contributed by atoms with E-state index in [4.69, 9.17) is 5.11 Å². The highest BCUT2D eigenvalue weighted by Gasteiger charge is 2.27. The van der Waals surface area contributed by atoms with Gasteiger partial charge in [-0.1, -0.05) is 20.8 Å². The first-order valence-electron chi connectivity index (χ1n) is 6.17. The van der Waals surface area contributed by atoms with E-state index in [1.165, 1.54) is 0 Å². The Labute approximate surface area is 110 Å². The van der Waals surface area contributed by atoms with E-state index < -0.39 is 22.5 Å². The Morgan fingerprint density at radius 1 is 1.28 bits per heavy atom. The molecule has 0 saturated carbocycles. The number of nitrogens with zero attached hydrogens (tertiary/aromatic N) is 1. The van der Waals surface area contributed by atoms with Crippen molar-refractivity contribution in [1.82, 2.24) is 4.31 Å². The molecule has 0 spiro atoms. The zero-order valence-electron chi connectivity index (χ0n) is 11.9. The van der Waals surface area contributed by atoms with E-state index in [1.807, 2.05) is 0 Å². The molecule has 0 fully saturated rings. The van der Waals surface area contributed by atoms with Crippen molar-refractivity contribution in [2.45, 2.75) is 53.5 Å². The molecule has 0 radical (unpaired) electrons. The van der Waals surface area contributed by atoms with Crippen molar-refractivity contribution in [3.63, 3.8) is 0 Å². The topological polar surface area (TPSA) is 74.7 Å². The van der Waals surface area contributed by atoms with E-state index in [0.29, 0.717) is 6.42 Å². The minimum atomic E-state index is -3.49. The first-order chi connectivity index (χ1) is 7.96. The molecule has 6 heteroatoms. The molecule has 0 aliphatic rings. The Hall–Kier alpha value is -0.620. The van der Waals surface area contributed by atoms with Crippen molar-refractivity contribution < 1.29 is 18.3 Å². The maximum atomic E-state index is 12.1. The minimum absolute atomic E-state index is 0.00965. The van der Waals surface area contributed by atoms with Gasteiger partial charge in [-0.15, -0.1) is 0 Å². The summed E-state index contributed by atoms with van der Waals surface area (Å²) in [7, 11) is -3.49. The molecule has 108 valence electrons. The lowest BCUT2D eigenvalue weighted by molar-refractivity contribution is -0.137. The Morgan fingerprint density at radius 3 is 2.11 bits per heavy atom. The van der Waals surface area contributed by atoms with Crippen LogP contribution in [-0.2, 0) is 14.8 Å². The molecule has 0 aromatic heterocycles. The summed E-state index contributed by atoms with van der Waals surface area (Å²) in [5.74, 6) is -1.11. The summed E-state index contributed by atoms with van der Waals surface area (Å²) in [6.45, 7) is 9.06. The molecule has 0 atom stereocenters. The van der Waals surface area contributed by atoms with Gasteiger partial charge in [0, 0.05) is 6.04 Å². The number of aliphatic carboxylic acids is 1. The number of hydrogen-bond acceptors (Lipinski definition) is 3. The monoisotopic (exact) mass is 279 g/mol. The SMILES string of the molecule is CC(C)N(CC(=O)O)S(=O)(=O)CCCC(C)(C)C. The van der Waals surface area contributed by atoms with Crippen LogP contribution >= 0.6 is 0 Å². The van der Waals surface area contributed by atoms with Gasteiger partial charge in [0.15, 0.2) is 0 Å². The summed E-state index contributed by atoms with van der Waals surface area (Å²) in [6, 6.07) is -0.333. The lowest BCUT2D eigenvalue weighted by atomic mass is 9.91. The zero-order chi connectivity index (χ0) is 14.6. The highest BCUT2D eigenvalue weighted by atomic mass is 32.2. The summed E-state index contributed by atoms with van der Waals surface area (Å²) in [5.41, 5.74) is 0.0883. The molecule has 0 aliphatic heterocycles. The van der Waals surface area contributed by atoms with Crippen molar-refractivity contribution in [3.05, 3.63) is 0 Å². The van der Waals surface area contributed by atoms with Gasteiger partial charge in [-0.3, -0.25) is 4.79 Å². The number of rotatable bonds is 7. The van der Waals surface area contributed by atoms with E-state index in [2.05, 4.69) is 20.8 Å². The fourth-order valence-electron chi connectivity index (χ4n) is 1.64. The van der Waals surface area contributed by atoms with Crippen LogP contribution in [0, 0.1) is 5.41 Å². The summed E-state index contributed by atoms with van der Waals surface area (Å²) >= 11 is 0. The predicted octanol–water partition coefficient (Wildman–Crippen LogP) is 1.94. The lowest BCUT2D eigenvalue weighted by Gasteiger charge is -2.25. The highest BCUT2D eigenvalue weighted by molar-refractivity contribution is 7.89. The van der Waals surface area contributed by atoms with Crippen molar-refractivity contribution in [3.8, 4) is 0 Å². The molecule has 0 amide bonds. The van der Waals surface area contributed by atoms with Crippen LogP contribution in [0.2, 0.25) is 0 Å². The molecule has 18 heavy (non-hydrogen) atoms. The van der Waals surface area contributed by atoms with Crippen molar-refractivity contribution >= 4 is 16.0 Å². The number of carbonyl (C=O) groups is 1. The fourth-order valence-corrected chi connectivity index (χ4v) is 3.33. The van der Waals surface area contributed by atoms with Gasteiger partial charge in [0.05, 0.1) is 5.75 Å². The molecule has 1 N–H and O–H groups in total. The van der Waals surface area contributed by atoms with Gasteiger partial charge in [0.25, 0.3) is 0 Å². The maximum absolute atomic E-state index is 12.1. The van der Waals surface area contributed by atoms with Gasteiger partial charge in [-0.05, 0) is 32.1 Å². The third-order valence-corrected chi connectivity index (χ3v) is 4.62. The van der Waals surface area contributed by atoms with Crippen LogP contribution < -0.4 is 0 Å². The first-order valence-corrected chi connectivity index (χ1v) is 7.78. The van der Waals surface area contributed by atoms with Crippen LogP contribution in [0.5, 0.6) is 0 Å². The van der Waals surface area contributed by atoms with E-state index in [9.17, 15) is 13.2 Å². The maximum Gasteiger partial charge on any atom is 0.318 e. The normalized spacial score (nSPS) is 13.3. The summed E-state index contributed by atoms with van der Waals surface area (Å²) in [5, 5.41) is 8.74. The van der Waals surface area contributed by atoms with Gasteiger partial charge in [-0.2, -0.15) is 4.31 Å². The van der Waals surface area contributed by atoms with Crippen LogP contribution in [-0.4, -0.2) is 42.1 Å². The number of carboxylic acids is 1. The minimum Gasteiger partial charge on any atom is -0.480 e. The second-order valence-electron chi connectivity index (χ2n) is 6.01. The van der Waals surface area contributed by atoms with E-state index >= 15 is 0 Å². The van der Waals surface area contributed by atoms with E-state index in [-0.39, 0.29) is 17.2 Å². The molecule has 0 aromatic rings. The van der Waals surface area contributed by atoms with Crippen molar-refractivity contribution in [1.29, 1.82) is 0 Å². The highest BCUT2D eigenvalue weighted by Crippen LogP contribution is 2.21. The van der Waals surface area contributed by atoms with Crippen LogP contribution in [0.25, 0.3) is 0 Å². The Morgan fingerprint density at radius 2 is 1.78 bits per heavy atom. The lowest BCUT2D eigenvalue weighted by Crippen LogP contribution is -2.41. The van der Waals surface area contributed by atoms with E-state index in [0.717, 1.165) is 10.7 Å². The molecule has 0 saturated heterocycles. The molecule has 0 bridgehead atoms. The zero-order valence-corrected chi connectivity index (χ0v) is 12.7. The largest absolute Gasteiger partial charge is 0.480 e. The third kappa shape index (κ3) is 6.96. The Bertz CT molecular complexity index is 368. The van der Waals surface area contributed by atoms with E-state index in [1.54, 1.807) is 13.8 Å². The number of hydrogen-bond donors (Lipinski definition) is 1. The standard InChI is InChI=1S/C12H25NO4S/c1-10(2)13(9-11(14)15)18(16,17)8-6-7-12(3,4)5/h10H,6-9H2,1-5H3,(H,14,15). The first kappa shape index (κ1) is 17.4. The molecule has 0 aliphatic carbocycles. The quantitative estimate of drug-likeness (QED) is 0.772. The molecule has 0 heterocycles. The molecule has 0 aromatic carbocycles. The molecular formula is C12H25NO4S. The molecule has 5 nitrogen and oxygen atoms in total. The third-order valence-electron chi connectivity index (χ3n) is 2.55. The van der Waals surface area contributed by atoms with Gasteiger partial charge in [0.2, 0.25) is 10.0 Å². The Balaban J connectivity index is 4.62. The second kappa shape index (κ2) is 6.52. The summed E-state index contributed by atoms with van der Waals surface area (Å²) in [6.07, 6.45) is 1.35. The molecule has 0 rings (SSSR count). The van der Waals surface area contributed by atoms with Gasteiger partial charge >= 0.3 is 5.97 Å². The summed E-state index contributed by atoms with van der Waals surface area (Å²) in [4.78, 5) is 10.7. The Kier molecular flexibility index (Phi) is 6.29. The molecular weight excluding hydrogens is 254 g/mol. The van der Waals surface area contributed by atoms with Crippen molar-refractivity contribution in [2.24, 2.45) is 5.41 Å². The number of sulfonamides is 1. The molecule has 0 unspecified atom stereocenters. The van der Waals surface area contributed by atoms with Gasteiger partial charge in [-0.25, -0.2) is 8.42 Å². The second-order valence-corrected chi connectivity index (χ2v) is 8.05. The van der Waals surface area contributed by atoms with Crippen LogP contribution in [0.1, 0.15) is 47.5 Å².